The largest absolute Gasteiger partial charge is 0.330 e. The molecule has 2 aromatic heterocycles. The van der Waals surface area contributed by atoms with Crippen molar-refractivity contribution in [3.05, 3.63) is 62.6 Å². The van der Waals surface area contributed by atoms with Gasteiger partial charge in [0, 0.05) is 31.6 Å². The molecule has 0 aliphatic heterocycles. The summed E-state index contributed by atoms with van der Waals surface area (Å²) in [6.07, 6.45) is 0. The Hall–Kier alpha value is -2.41. The molecule has 6 nitrogen and oxygen atoms in total. The van der Waals surface area contributed by atoms with Gasteiger partial charge in [-0.15, -0.1) is 0 Å². The van der Waals surface area contributed by atoms with Gasteiger partial charge in [-0.3, -0.25) is 13.9 Å². The van der Waals surface area contributed by atoms with Crippen molar-refractivity contribution in [2.75, 3.05) is 0 Å². The SMILES string of the molecule is Cc1nc2ccccc2nc1SCc1cc(=O)n(C)c(=O)n1C. The predicted molar refractivity (Wildman–Crippen MR) is 90.8 cm³/mol. The summed E-state index contributed by atoms with van der Waals surface area (Å²) in [5, 5.41) is 0.803. The first-order chi connectivity index (χ1) is 11.0. The van der Waals surface area contributed by atoms with E-state index >= 15 is 0 Å². The fourth-order valence-electron chi connectivity index (χ4n) is 2.27. The molecule has 2 heterocycles. The standard InChI is InChI=1S/C16H16N4O2S/c1-10-15(18-13-7-5-4-6-12(13)17-10)23-9-11-8-14(21)20(3)16(22)19(11)2/h4-8H,9H2,1-3H3. The van der Waals surface area contributed by atoms with Crippen LogP contribution in [0.4, 0.5) is 0 Å². The quantitative estimate of drug-likeness (QED) is 0.684. The maximum atomic E-state index is 12.0. The second-order valence-electron chi connectivity index (χ2n) is 5.27. The molecule has 0 saturated heterocycles. The van der Waals surface area contributed by atoms with Gasteiger partial charge < -0.3 is 0 Å². The Bertz CT molecular complexity index is 1010. The summed E-state index contributed by atoms with van der Waals surface area (Å²) in [6.45, 7) is 1.91. The van der Waals surface area contributed by atoms with Crippen molar-refractivity contribution in [1.82, 2.24) is 19.1 Å². The van der Waals surface area contributed by atoms with Gasteiger partial charge in [-0.2, -0.15) is 0 Å². The zero-order chi connectivity index (χ0) is 16.6. The van der Waals surface area contributed by atoms with Crippen molar-refractivity contribution in [2.24, 2.45) is 14.1 Å². The number of para-hydroxylation sites is 2. The van der Waals surface area contributed by atoms with Gasteiger partial charge in [0.25, 0.3) is 5.56 Å². The molecule has 23 heavy (non-hydrogen) atoms. The molecule has 0 spiro atoms. The molecule has 0 saturated carbocycles. The zero-order valence-corrected chi connectivity index (χ0v) is 13.9. The summed E-state index contributed by atoms with van der Waals surface area (Å²) in [5.41, 5.74) is 2.56. The molecule has 0 bridgehead atoms. The third-order valence-corrected chi connectivity index (χ3v) is 4.78. The maximum absolute atomic E-state index is 12.0. The number of benzene rings is 1. The first kappa shape index (κ1) is 15.5. The Balaban J connectivity index is 1.94. The van der Waals surface area contributed by atoms with Gasteiger partial charge >= 0.3 is 5.69 Å². The molecule has 3 rings (SSSR count). The fourth-order valence-corrected chi connectivity index (χ4v) is 3.25. The lowest BCUT2D eigenvalue weighted by Crippen LogP contribution is -2.37. The lowest BCUT2D eigenvalue weighted by atomic mass is 10.3. The lowest BCUT2D eigenvalue weighted by Gasteiger charge is -2.10. The van der Waals surface area contributed by atoms with E-state index < -0.39 is 0 Å². The third-order valence-electron chi connectivity index (χ3n) is 3.68. The van der Waals surface area contributed by atoms with Crippen LogP contribution in [0.1, 0.15) is 11.4 Å². The summed E-state index contributed by atoms with van der Waals surface area (Å²) in [7, 11) is 3.14. The van der Waals surface area contributed by atoms with E-state index in [9.17, 15) is 9.59 Å². The molecule has 0 aliphatic rings. The maximum Gasteiger partial charge on any atom is 0.330 e. The van der Waals surface area contributed by atoms with E-state index in [-0.39, 0.29) is 11.2 Å². The molecule has 0 aliphatic carbocycles. The van der Waals surface area contributed by atoms with Crippen LogP contribution in [0, 0.1) is 6.92 Å². The summed E-state index contributed by atoms with van der Waals surface area (Å²) in [4.78, 5) is 32.9. The number of aromatic nitrogens is 4. The summed E-state index contributed by atoms with van der Waals surface area (Å²) in [6, 6.07) is 9.18. The number of thioether (sulfide) groups is 1. The van der Waals surface area contributed by atoms with Gasteiger partial charge in [0.05, 0.1) is 16.7 Å². The summed E-state index contributed by atoms with van der Waals surface area (Å²) in [5.74, 6) is 0.482. The van der Waals surface area contributed by atoms with E-state index in [4.69, 9.17) is 0 Å². The highest BCUT2D eigenvalue weighted by Crippen LogP contribution is 2.24. The Morgan fingerprint density at radius 3 is 2.39 bits per heavy atom. The van der Waals surface area contributed by atoms with E-state index in [1.165, 1.54) is 29.4 Å². The fraction of sp³-hybridized carbons (Fsp3) is 0.250. The Labute approximate surface area is 136 Å². The molecule has 118 valence electrons. The van der Waals surface area contributed by atoms with Crippen LogP contribution in [0.25, 0.3) is 11.0 Å². The minimum Gasteiger partial charge on any atom is -0.300 e. The summed E-state index contributed by atoms with van der Waals surface area (Å²) < 4.78 is 2.58. The highest BCUT2D eigenvalue weighted by atomic mass is 32.2. The van der Waals surface area contributed by atoms with Gasteiger partial charge in [0.15, 0.2) is 0 Å². The lowest BCUT2D eigenvalue weighted by molar-refractivity contribution is 0.665. The van der Waals surface area contributed by atoms with Crippen LogP contribution < -0.4 is 11.2 Å². The monoisotopic (exact) mass is 328 g/mol. The van der Waals surface area contributed by atoms with Gasteiger partial charge in [0.2, 0.25) is 0 Å². The molecule has 1 aromatic carbocycles. The van der Waals surface area contributed by atoms with Crippen LogP contribution in [0.2, 0.25) is 0 Å². The molecule has 0 radical (unpaired) electrons. The van der Waals surface area contributed by atoms with Crippen LogP contribution in [0.3, 0.4) is 0 Å². The van der Waals surface area contributed by atoms with Crippen molar-refractivity contribution >= 4 is 22.8 Å². The van der Waals surface area contributed by atoms with E-state index in [0.717, 1.165) is 26.3 Å². The number of fused-ring (bicyclic) bond motifs is 1. The Morgan fingerprint density at radius 1 is 1.04 bits per heavy atom. The van der Waals surface area contributed by atoms with Gasteiger partial charge in [-0.25, -0.2) is 14.8 Å². The molecule has 7 heteroatoms. The minimum atomic E-state index is -0.325. The predicted octanol–water partition coefficient (Wildman–Crippen LogP) is 1.63. The van der Waals surface area contributed by atoms with E-state index in [2.05, 4.69) is 9.97 Å². The van der Waals surface area contributed by atoms with Gasteiger partial charge in [-0.05, 0) is 19.1 Å². The molecule has 0 fully saturated rings. The van der Waals surface area contributed by atoms with Crippen LogP contribution >= 0.6 is 11.8 Å². The molecule has 0 unspecified atom stereocenters. The Kier molecular flexibility index (Phi) is 4.04. The summed E-state index contributed by atoms with van der Waals surface area (Å²) >= 11 is 1.47. The number of aryl methyl sites for hydroxylation is 1. The van der Waals surface area contributed by atoms with E-state index in [1.807, 2.05) is 31.2 Å². The normalized spacial score (nSPS) is 11.1. The van der Waals surface area contributed by atoms with Crippen molar-refractivity contribution in [1.29, 1.82) is 0 Å². The number of hydrogen-bond donors (Lipinski definition) is 0. The minimum absolute atomic E-state index is 0.301. The molecule has 0 amide bonds. The van der Waals surface area contributed by atoms with Crippen molar-refractivity contribution < 1.29 is 0 Å². The Morgan fingerprint density at radius 2 is 1.70 bits per heavy atom. The van der Waals surface area contributed by atoms with Crippen LogP contribution in [0.15, 0.2) is 44.9 Å². The highest BCUT2D eigenvalue weighted by molar-refractivity contribution is 7.98. The average molecular weight is 328 g/mol. The number of rotatable bonds is 3. The van der Waals surface area contributed by atoms with E-state index in [0.29, 0.717) is 11.4 Å². The first-order valence-corrected chi connectivity index (χ1v) is 8.08. The molecule has 0 N–H and O–H groups in total. The smallest absolute Gasteiger partial charge is 0.300 e. The third kappa shape index (κ3) is 2.92. The number of nitrogens with zero attached hydrogens (tertiary/aromatic N) is 4. The van der Waals surface area contributed by atoms with Gasteiger partial charge in [-0.1, -0.05) is 23.9 Å². The van der Waals surface area contributed by atoms with Crippen molar-refractivity contribution in [3.8, 4) is 0 Å². The highest BCUT2D eigenvalue weighted by Gasteiger charge is 2.10. The van der Waals surface area contributed by atoms with E-state index in [1.54, 1.807) is 7.05 Å². The molecular formula is C16H16N4O2S. The molecule has 0 atom stereocenters. The van der Waals surface area contributed by atoms with Gasteiger partial charge in [0.1, 0.15) is 5.03 Å². The van der Waals surface area contributed by atoms with Crippen LogP contribution in [0.5, 0.6) is 0 Å². The van der Waals surface area contributed by atoms with Crippen LogP contribution in [-0.4, -0.2) is 19.1 Å². The zero-order valence-electron chi connectivity index (χ0n) is 13.1. The number of hydrogen-bond acceptors (Lipinski definition) is 5. The topological polar surface area (TPSA) is 69.8 Å². The second-order valence-corrected chi connectivity index (χ2v) is 6.23. The van der Waals surface area contributed by atoms with Crippen molar-refractivity contribution in [2.45, 2.75) is 17.7 Å². The first-order valence-electron chi connectivity index (χ1n) is 7.09. The molecule has 3 aromatic rings. The van der Waals surface area contributed by atoms with Crippen LogP contribution in [-0.2, 0) is 19.8 Å². The van der Waals surface area contributed by atoms with Crippen molar-refractivity contribution in [3.63, 3.8) is 0 Å². The second kappa shape index (κ2) is 6.00. The molecular weight excluding hydrogens is 312 g/mol. The average Bonchev–Trinajstić information content (AvgIpc) is 2.55.